The summed E-state index contributed by atoms with van der Waals surface area (Å²) >= 11 is 5.82. The average Bonchev–Trinajstić information content (AvgIpc) is 2.57. The Hall–Kier alpha value is -2.33. The molecule has 0 radical (unpaired) electrons. The van der Waals surface area contributed by atoms with Crippen LogP contribution in [-0.2, 0) is 16.0 Å². The van der Waals surface area contributed by atoms with Gasteiger partial charge in [-0.3, -0.25) is 9.59 Å². The van der Waals surface area contributed by atoms with Crippen molar-refractivity contribution in [2.75, 3.05) is 18.4 Å². The summed E-state index contributed by atoms with van der Waals surface area (Å²) in [5.41, 5.74) is 1.89. The second-order valence-electron chi connectivity index (χ2n) is 5.58. The summed E-state index contributed by atoms with van der Waals surface area (Å²) in [5.74, 6) is -0.318. The van der Waals surface area contributed by atoms with E-state index in [1.165, 1.54) is 12.5 Å². The fraction of sp³-hybridized carbons (Fsp3) is 0.263. The maximum Gasteiger partial charge on any atom is 0.243 e. The summed E-state index contributed by atoms with van der Waals surface area (Å²) in [6.07, 6.45) is 1.70. The minimum Gasteiger partial charge on any atom is -0.334 e. The van der Waals surface area contributed by atoms with E-state index in [0.29, 0.717) is 17.3 Å². The third-order valence-electron chi connectivity index (χ3n) is 3.64. The Morgan fingerprint density at radius 1 is 1.04 bits per heavy atom. The summed E-state index contributed by atoms with van der Waals surface area (Å²) in [5, 5.41) is 3.38. The van der Waals surface area contributed by atoms with E-state index in [9.17, 15) is 9.59 Å². The third kappa shape index (κ3) is 6.05. The largest absolute Gasteiger partial charge is 0.334 e. The lowest BCUT2D eigenvalue weighted by molar-refractivity contribution is -0.132. The first kappa shape index (κ1) is 18.0. The molecule has 0 bridgehead atoms. The molecule has 0 unspecified atom stereocenters. The smallest absolute Gasteiger partial charge is 0.243 e. The maximum absolute atomic E-state index is 12.1. The van der Waals surface area contributed by atoms with Crippen molar-refractivity contribution in [3.63, 3.8) is 0 Å². The van der Waals surface area contributed by atoms with Crippen LogP contribution in [0, 0.1) is 0 Å². The van der Waals surface area contributed by atoms with Crippen molar-refractivity contribution < 1.29 is 9.59 Å². The summed E-state index contributed by atoms with van der Waals surface area (Å²) in [6.45, 7) is 2.09. The highest BCUT2D eigenvalue weighted by Gasteiger charge is 2.13. The Kier molecular flexibility index (Phi) is 6.82. The van der Waals surface area contributed by atoms with Gasteiger partial charge < -0.3 is 10.2 Å². The molecule has 2 aromatic carbocycles. The first-order valence-corrected chi connectivity index (χ1v) is 8.27. The number of amides is 2. The topological polar surface area (TPSA) is 49.4 Å². The first-order chi connectivity index (χ1) is 11.5. The van der Waals surface area contributed by atoms with Gasteiger partial charge in [-0.1, -0.05) is 41.9 Å². The van der Waals surface area contributed by atoms with Crippen molar-refractivity contribution in [2.45, 2.75) is 19.8 Å². The molecule has 0 aliphatic heterocycles. The molecule has 0 heterocycles. The van der Waals surface area contributed by atoms with E-state index >= 15 is 0 Å². The highest BCUT2D eigenvalue weighted by atomic mass is 35.5. The third-order valence-corrected chi connectivity index (χ3v) is 3.90. The standard InChI is InChI=1S/C19H21ClN2O2/c1-15(23)22(13-5-8-16-6-3-2-4-7-16)14-19(24)21-18-11-9-17(20)10-12-18/h2-4,6-7,9-12H,5,8,13-14H2,1H3,(H,21,24). The molecule has 2 rings (SSSR count). The minimum absolute atomic E-state index is 0.0484. The Labute approximate surface area is 147 Å². The number of benzene rings is 2. The van der Waals surface area contributed by atoms with Crippen LogP contribution in [0.5, 0.6) is 0 Å². The van der Waals surface area contributed by atoms with E-state index in [1.807, 2.05) is 18.2 Å². The van der Waals surface area contributed by atoms with Crippen LogP contribution in [0.1, 0.15) is 18.9 Å². The number of hydrogen-bond donors (Lipinski definition) is 1. The molecule has 0 fully saturated rings. The zero-order chi connectivity index (χ0) is 17.4. The van der Waals surface area contributed by atoms with Gasteiger partial charge in [0.1, 0.15) is 0 Å². The van der Waals surface area contributed by atoms with Gasteiger partial charge in [-0.15, -0.1) is 0 Å². The van der Waals surface area contributed by atoms with Gasteiger partial charge in [-0.2, -0.15) is 0 Å². The molecular formula is C19H21ClN2O2. The lowest BCUT2D eigenvalue weighted by Crippen LogP contribution is -2.37. The van der Waals surface area contributed by atoms with Crippen LogP contribution in [0.15, 0.2) is 54.6 Å². The number of nitrogens with zero attached hydrogens (tertiary/aromatic N) is 1. The lowest BCUT2D eigenvalue weighted by Gasteiger charge is -2.20. The molecule has 2 aromatic rings. The maximum atomic E-state index is 12.1. The molecule has 24 heavy (non-hydrogen) atoms. The average molecular weight is 345 g/mol. The van der Waals surface area contributed by atoms with Gasteiger partial charge in [-0.05, 0) is 42.7 Å². The van der Waals surface area contributed by atoms with Crippen molar-refractivity contribution in [1.29, 1.82) is 0 Å². The molecule has 0 atom stereocenters. The molecule has 0 spiro atoms. The first-order valence-electron chi connectivity index (χ1n) is 7.89. The van der Waals surface area contributed by atoms with Crippen molar-refractivity contribution >= 4 is 29.1 Å². The van der Waals surface area contributed by atoms with Crippen LogP contribution in [0.25, 0.3) is 0 Å². The zero-order valence-electron chi connectivity index (χ0n) is 13.7. The van der Waals surface area contributed by atoms with Crippen LogP contribution >= 0.6 is 11.6 Å². The molecule has 0 aromatic heterocycles. The molecular weight excluding hydrogens is 324 g/mol. The number of nitrogens with one attached hydrogen (secondary N) is 1. The van der Waals surface area contributed by atoms with Gasteiger partial charge >= 0.3 is 0 Å². The Morgan fingerprint density at radius 3 is 2.33 bits per heavy atom. The summed E-state index contributed by atoms with van der Waals surface area (Å²) in [7, 11) is 0. The number of carbonyl (C=O) groups is 2. The summed E-state index contributed by atoms with van der Waals surface area (Å²) in [6, 6.07) is 17.0. The number of aryl methyl sites for hydroxylation is 1. The van der Waals surface area contributed by atoms with Crippen LogP contribution in [0.3, 0.4) is 0 Å². The molecule has 0 aliphatic carbocycles. The molecule has 5 heteroatoms. The van der Waals surface area contributed by atoms with Crippen molar-refractivity contribution in [3.05, 3.63) is 65.2 Å². The van der Waals surface area contributed by atoms with Crippen LogP contribution in [0.4, 0.5) is 5.69 Å². The highest BCUT2D eigenvalue weighted by Crippen LogP contribution is 2.13. The molecule has 0 saturated heterocycles. The van der Waals surface area contributed by atoms with Gasteiger partial charge in [-0.25, -0.2) is 0 Å². The SMILES string of the molecule is CC(=O)N(CCCc1ccccc1)CC(=O)Nc1ccc(Cl)cc1. The molecule has 126 valence electrons. The van der Waals surface area contributed by atoms with Gasteiger partial charge in [0.2, 0.25) is 11.8 Å². The van der Waals surface area contributed by atoms with E-state index in [4.69, 9.17) is 11.6 Å². The van der Waals surface area contributed by atoms with E-state index in [-0.39, 0.29) is 18.4 Å². The minimum atomic E-state index is -0.216. The molecule has 0 aliphatic rings. The lowest BCUT2D eigenvalue weighted by atomic mass is 10.1. The summed E-state index contributed by atoms with van der Waals surface area (Å²) < 4.78 is 0. The van der Waals surface area contributed by atoms with Crippen LogP contribution < -0.4 is 5.32 Å². The second kappa shape index (κ2) is 9.08. The van der Waals surface area contributed by atoms with E-state index in [0.717, 1.165) is 12.8 Å². The Balaban J connectivity index is 1.82. The van der Waals surface area contributed by atoms with Gasteiger partial charge in [0.15, 0.2) is 0 Å². The molecule has 2 amide bonds. The predicted octanol–water partition coefficient (Wildman–Crippen LogP) is 3.76. The van der Waals surface area contributed by atoms with Gasteiger partial charge in [0.25, 0.3) is 0 Å². The fourth-order valence-corrected chi connectivity index (χ4v) is 2.50. The quantitative estimate of drug-likeness (QED) is 0.831. The van der Waals surface area contributed by atoms with Crippen LogP contribution in [-0.4, -0.2) is 29.8 Å². The zero-order valence-corrected chi connectivity index (χ0v) is 14.4. The van der Waals surface area contributed by atoms with E-state index < -0.39 is 0 Å². The number of anilines is 1. The van der Waals surface area contributed by atoms with E-state index in [1.54, 1.807) is 29.2 Å². The second-order valence-corrected chi connectivity index (χ2v) is 6.02. The number of halogens is 1. The van der Waals surface area contributed by atoms with Gasteiger partial charge in [0.05, 0.1) is 6.54 Å². The number of carbonyl (C=O) groups excluding carboxylic acids is 2. The Morgan fingerprint density at radius 2 is 1.71 bits per heavy atom. The number of rotatable bonds is 7. The monoisotopic (exact) mass is 344 g/mol. The Bertz CT molecular complexity index is 672. The number of hydrogen-bond acceptors (Lipinski definition) is 2. The van der Waals surface area contributed by atoms with Crippen molar-refractivity contribution in [3.8, 4) is 0 Å². The van der Waals surface area contributed by atoms with Crippen LogP contribution in [0.2, 0.25) is 5.02 Å². The normalized spacial score (nSPS) is 10.2. The predicted molar refractivity (Wildman–Crippen MR) is 97.1 cm³/mol. The molecule has 0 saturated carbocycles. The fourth-order valence-electron chi connectivity index (χ4n) is 2.37. The highest BCUT2D eigenvalue weighted by molar-refractivity contribution is 6.30. The van der Waals surface area contributed by atoms with Gasteiger partial charge in [0, 0.05) is 24.2 Å². The van der Waals surface area contributed by atoms with Crippen molar-refractivity contribution in [1.82, 2.24) is 4.90 Å². The molecule has 1 N–H and O–H groups in total. The van der Waals surface area contributed by atoms with E-state index in [2.05, 4.69) is 17.4 Å². The molecule has 4 nitrogen and oxygen atoms in total. The van der Waals surface area contributed by atoms with Crippen molar-refractivity contribution in [2.24, 2.45) is 0 Å². The summed E-state index contributed by atoms with van der Waals surface area (Å²) in [4.78, 5) is 25.4.